The molecule has 0 aromatic carbocycles. The second-order valence-corrected chi connectivity index (χ2v) is 5.42. The number of hydrogen-bond donors (Lipinski definition) is 0. The van der Waals surface area contributed by atoms with Crippen molar-refractivity contribution in [2.45, 2.75) is 6.42 Å². The SMILES string of the molecule is N#CCc1cc(C(=O)c2ccco2)sc1Br. The number of nitrogens with zero attached hydrogens (tertiary/aromatic N) is 1. The topological polar surface area (TPSA) is 54.0 Å². The molecule has 0 atom stereocenters. The van der Waals surface area contributed by atoms with E-state index in [0.29, 0.717) is 17.1 Å². The lowest BCUT2D eigenvalue weighted by Crippen LogP contribution is -1.95. The number of furan rings is 1. The molecule has 0 amide bonds. The van der Waals surface area contributed by atoms with Crippen LogP contribution < -0.4 is 0 Å². The number of nitriles is 1. The van der Waals surface area contributed by atoms with Crippen molar-refractivity contribution in [1.29, 1.82) is 5.26 Å². The minimum absolute atomic E-state index is 0.153. The summed E-state index contributed by atoms with van der Waals surface area (Å²) < 4.78 is 5.86. The van der Waals surface area contributed by atoms with E-state index in [2.05, 4.69) is 22.0 Å². The van der Waals surface area contributed by atoms with Gasteiger partial charge < -0.3 is 4.42 Å². The van der Waals surface area contributed by atoms with Crippen LogP contribution in [0.3, 0.4) is 0 Å². The fourth-order valence-electron chi connectivity index (χ4n) is 1.25. The van der Waals surface area contributed by atoms with Crippen molar-refractivity contribution in [3.8, 4) is 6.07 Å². The number of rotatable bonds is 3. The minimum Gasteiger partial charge on any atom is -0.461 e. The molecule has 3 nitrogen and oxygen atoms in total. The maximum absolute atomic E-state index is 11.9. The van der Waals surface area contributed by atoms with Crippen LogP contribution in [0.25, 0.3) is 0 Å². The molecule has 0 fully saturated rings. The molecule has 0 saturated carbocycles. The molecular weight excluding hydrogens is 290 g/mol. The summed E-state index contributed by atoms with van der Waals surface area (Å²) in [6.07, 6.45) is 1.76. The largest absolute Gasteiger partial charge is 0.461 e. The molecule has 80 valence electrons. The van der Waals surface area contributed by atoms with E-state index < -0.39 is 0 Å². The summed E-state index contributed by atoms with van der Waals surface area (Å²) in [5.74, 6) is 0.164. The average Bonchev–Trinajstić information content (AvgIpc) is 2.88. The van der Waals surface area contributed by atoms with E-state index in [1.807, 2.05) is 0 Å². The first-order valence-corrected chi connectivity index (χ1v) is 6.06. The fourth-order valence-corrected chi connectivity index (χ4v) is 2.88. The molecule has 0 spiro atoms. The van der Waals surface area contributed by atoms with Gasteiger partial charge in [-0.1, -0.05) is 0 Å². The summed E-state index contributed by atoms with van der Waals surface area (Å²) in [6.45, 7) is 0. The van der Waals surface area contributed by atoms with Crippen LogP contribution in [-0.2, 0) is 6.42 Å². The standard InChI is InChI=1S/C11H6BrNO2S/c12-11-7(3-4-13)6-9(16-11)10(14)8-2-1-5-15-8/h1-2,5-6H,3H2. The summed E-state index contributed by atoms with van der Waals surface area (Å²) in [5.41, 5.74) is 0.836. The lowest BCUT2D eigenvalue weighted by molar-refractivity contribution is 0.101. The second-order valence-electron chi connectivity index (χ2n) is 3.05. The molecule has 5 heteroatoms. The van der Waals surface area contributed by atoms with Crippen molar-refractivity contribution in [3.05, 3.63) is 44.4 Å². The van der Waals surface area contributed by atoms with Crippen LogP contribution >= 0.6 is 27.3 Å². The molecule has 0 aliphatic rings. The molecule has 2 aromatic rings. The van der Waals surface area contributed by atoms with Gasteiger partial charge in [0.1, 0.15) is 0 Å². The maximum atomic E-state index is 11.9. The number of carbonyl (C=O) groups is 1. The Bertz CT molecular complexity index is 551. The minimum atomic E-state index is -0.153. The van der Waals surface area contributed by atoms with Gasteiger partial charge in [-0.2, -0.15) is 5.26 Å². The van der Waals surface area contributed by atoms with Gasteiger partial charge >= 0.3 is 0 Å². The third-order valence-corrected chi connectivity index (χ3v) is 3.96. The van der Waals surface area contributed by atoms with Gasteiger partial charge in [-0.25, -0.2) is 0 Å². The van der Waals surface area contributed by atoms with Crippen LogP contribution in [0, 0.1) is 11.3 Å². The number of hydrogen-bond acceptors (Lipinski definition) is 4. The Morgan fingerprint density at radius 1 is 1.62 bits per heavy atom. The van der Waals surface area contributed by atoms with Crippen LogP contribution in [0.5, 0.6) is 0 Å². The van der Waals surface area contributed by atoms with E-state index in [1.54, 1.807) is 18.2 Å². The fraction of sp³-hybridized carbons (Fsp3) is 0.0909. The van der Waals surface area contributed by atoms with E-state index >= 15 is 0 Å². The first-order valence-electron chi connectivity index (χ1n) is 4.45. The monoisotopic (exact) mass is 295 g/mol. The molecule has 2 aromatic heterocycles. The molecule has 0 unspecified atom stereocenters. The van der Waals surface area contributed by atoms with Crippen LogP contribution in [-0.4, -0.2) is 5.78 Å². The molecule has 0 aliphatic heterocycles. The average molecular weight is 296 g/mol. The Balaban J connectivity index is 2.32. The van der Waals surface area contributed by atoms with Gasteiger partial charge in [0.25, 0.3) is 0 Å². The number of thiophene rings is 1. The Kier molecular flexibility index (Phi) is 3.22. The van der Waals surface area contributed by atoms with Crippen LogP contribution in [0.1, 0.15) is 21.0 Å². The number of ketones is 1. The quantitative estimate of drug-likeness (QED) is 0.816. The van der Waals surface area contributed by atoms with E-state index in [4.69, 9.17) is 9.68 Å². The molecule has 0 bridgehead atoms. The highest BCUT2D eigenvalue weighted by atomic mass is 79.9. The van der Waals surface area contributed by atoms with Crippen molar-refractivity contribution >= 4 is 33.0 Å². The molecule has 2 rings (SSSR count). The number of halogens is 1. The van der Waals surface area contributed by atoms with Crippen LogP contribution in [0.2, 0.25) is 0 Å². The van der Waals surface area contributed by atoms with Crippen LogP contribution in [0.15, 0.2) is 32.7 Å². The maximum Gasteiger partial charge on any atom is 0.238 e. The highest BCUT2D eigenvalue weighted by molar-refractivity contribution is 9.11. The summed E-state index contributed by atoms with van der Waals surface area (Å²) in [6, 6.07) is 7.08. The first kappa shape index (κ1) is 11.1. The Hall–Kier alpha value is -1.38. The van der Waals surface area contributed by atoms with Gasteiger partial charge in [-0.15, -0.1) is 11.3 Å². The smallest absolute Gasteiger partial charge is 0.238 e. The molecule has 0 N–H and O–H groups in total. The van der Waals surface area contributed by atoms with Crippen molar-refractivity contribution in [2.75, 3.05) is 0 Å². The lowest BCUT2D eigenvalue weighted by atomic mass is 10.2. The highest BCUT2D eigenvalue weighted by Gasteiger charge is 2.16. The van der Waals surface area contributed by atoms with Gasteiger partial charge in [0, 0.05) is 0 Å². The van der Waals surface area contributed by atoms with E-state index in [9.17, 15) is 4.79 Å². The van der Waals surface area contributed by atoms with Crippen molar-refractivity contribution in [2.24, 2.45) is 0 Å². The molecular formula is C11H6BrNO2S. The van der Waals surface area contributed by atoms with Crippen LogP contribution in [0.4, 0.5) is 0 Å². The highest BCUT2D eigenvalue weighted by Crippen LogP contribution is 2.30. The Morgan fingerprint density at radius 3 is 3.06 bits per heavy atom. The summed E-state index contributed by atoms with van der Waals surface area (Å²) in [5, 5.41) is 8.61. The number of carbonyl (C=O) groups excluding carboxylic acids is 1. The molecule has 2 heterocycles. The first-order chi connectivity index (χ1) is 7.72. The molecule has 0 aliphatic carbocycles. The van der Waals surface area contributed by atoms with E-state index in [1.165, 1.54) is 17.6 Å². The third-order valence-electron chi connectivity index (χ3n) is 2.00. The Labute approximate surface area is 104 Å². The lowest BCUT2D eigenvalue weighted by Gasteiger charge is -1.90. The molecule has 16 heavy (non-hydrogen) atoms. The third kappa shape index (κ3) is 2.08. The van der Waals surface area contributed by atoms with Gasteiger partial charge in [0.05, 0.1) is 27.4 Å². The summed E-state index contributed by atoms with van der Waals surface area (Å²) in [4.78, 5) is 12.5. The zero-order valence-electron chi connectivity index (χ0n) is 8.07. The summed E-state index contributed by atoms with van der Waals surface area (Å²) in [7, 11) is 0. The predicted molar refractivity (Wildman–Crippen MR) is 63.5 cm³/mol. The van der Waals surface area contributed by atoms with Gasteiger partial charge in [0.2, 0.25) is 5.78 Å². The normalized spacial score (nSPS) is 10.0. The van der Waals surface area contributed by atoms with Crippen molar-refractivity contribution in [1.82, 2.24) is 0 Å². The van der Waals surface area contributed by atoms with Crippen molar-refractivity contribution < 1.29 is 9.21 Å². The zero-order chi connectivity index (χ0) is 11.5. The zero-order valence-corrected chi connectivity index (χ0v) is 10.5. The molecule has 0 radical (unpaired) electrons. The van der Waals surface area contributed by atoms with Crippen molar-refractivity contribution in [3.63, 3.8) is 0 Å². The van der Waals surface area contributed by atoms with E-state index in [0.717, 1.165) is 9.35 Å². The van der Waals surface area contributed by atoms with E-state index in [-0.39, 0.29) is 5.78 Å². The van der Waals surface area contributed by atoms with Gasteiger partial charge in [-0.3, -0.25) is 4.79 Å². The second kappa shape index (κ2) is 4.64. The van der Waals surface area contributed by atoms with Gasteiger partial charge in [-0.05, 0) is 39.7 Å². The van der Waals surface area contributed by atoms with Gasteiger partial charge in [0.15, 0.2) is 5.76 Å². The molecule has 0 saturated heterocycles. The summed E-state index contributed by atoms with van der Waals surface area (Å²) >= 11 is 4.65. The Morgan fingerprint density at radius 2 is 2.44 bits per heavy atom. The predicted octanol–water partition coefficient (Wildman–Crippen LogP) is 3.40.